The molecular formula is C32H28N2O7S. The molecule has 1 N–H and O–H groups in total. The van der Waals surface area contributed by atoms with Gasteiger partial charge >= 0.3 is 5.91 Å². The van der Waals surface area contributed by atoms with E-state index in [9.17, 15) is 14.7 Å². The highest BCUT2D eigenvalue weighted by Crippen LogP contribution is 2.46. The molecule has 4 aromatic rings. The van der Waals surface area contributed by atoms with Gasteiger partial charge in [0.25, 0.3) is 5.78 Å². The molecule has 6 rings (SSSR count). The molecule has 2 aliphatic heterocycles. The summed E-state index contributed by atoms with van der Waals surface area (Å²) in [6.07, 6.45) is 1.63. The fraction of sp³-hybridized carbons (Fsp3) is 0.219. The first-order valence-electron chi connectivity index (χ1n) is 13.5. The van der Waals surface area contributed by atoms with Crippen LogP contribution in [0.4, 0.5) is 5.13 Å². The van der Waals surface area contributed by atoms with E-state index in [-0.39, 0.29) is 17.9 Å². The highest BCUT2D eigenvalue weighted by Gasteiger charge is 2.48. The smallest absolute Gasteiger partial charge is 0.301 e. The zero-order valence-electron chi connectivity index (χ0n) is 23.1. The number of Topliss-reactive ketones (excluding diaryl/α,β-unsaturated/α-hetero) is 1. The van der Waals surface area contributed by atoms with Crippen LogP contribution in [0, 0.1) is 6.92 Å². The summed E-state index contributed by atoms with van der Waals surface area (Å²) < 4.78 is 23.8. The van der Waals surface area contributed by atoms with Crippen molar-refractivity contribution in [1.29, 1.82) is 0 Å². The zero-order valence-corrected chi connectivity index (χ0v) is 23.9. The molecule has 0 spiro atoms. The van der Waals surface area contributed by atoms with Crippen molar-refractivity contribution < 1.29 is 33.6 Å². The van der Waals surface area contributed by atoms with Crippen molar-refractivity contribution in [2.45, 2.75) is 19.9 Å². The summed E-state index contributed by atoms with van der Waals surface area (Å²) in [5, 5.41) is 12.0. The normalized spacial score (nSPS) is 17.5. The lowest BCUT2D eigenvalue weighted by Gasteiger charge is -2.24. The summed E-state index contributed by atoms with van der Waals surface area (Å²) in [6, 6.07) is 14.9. The van der Waals surface area contributed by atoms with Crippen molar-refractivity contribution in [2.24, 2.45) is 0 Å². The van der Waals surface area contributed by atoms with E-state index in [1.54, 1.807) is 42.5 Å². The van der Waals surface area contributed by atoms with Crippen LogP contribution in [0.3, 0.4) is 0 Å². The fourth-order valence-electron chi connectivity index (χ4n) is 5.05. The Labute approximate surface area is 246 Å². The fourth-order valence-corrected chi connectivity index (χ4v) is 6.14. The van der Waals surface area contributed by atoms with E-state index in [2.05, 4.69) is 6.58 Å². The molecule has 0 saturated carbocycles. The van der Waals surface area contributed by atoms with Crippen molar-refractivity contribution in [3.05, 3.63) is 89.5 Å². The number of rotatable bonds is 8. The van der Waals surface area contributed by atoms with E-state index in [0.717, 1.165) is 10.3 Å². The van der Waals surface area contributed by atoms with Crippen molar-refractivity contribution in [1.82, 2.24) is 4.98 Å². The van der Waals surface area contributed by atoms with Crippen LogP contribution < -0.4 is 23.8 Å². The van der Waals surface area contributed by atoms with E-state index in [4.69, 9.17) is 23.9 Å². The summed E-state index contributed by atoms with van der Waals surface area (Å²) in [4.78, 5) is 33.5. The standard InChI is InChI=1S/C32H28N2O7S/c1-4-12-39-22-10-7-19(16-24(22)38-5-2)28-27(29(35)20-8-11-23-25(17-20)41-14-13-40-23)30(36)31(37)34(28)32-33-21-9-6-18(3)15-26(21)42-32/h4,6-11,15-17,28,35H,1,5,12-14H2,2-3H3/b29-27+. The first kappa shape index (κ1) is 27.3. The third-order valence-corrected chi connectivity index (χ3v) is 7.96. The number of thiazole rings is 1. The number of aliphatic hydroxyl groups is 1. The van der Waals surface area contributed by atoms with Crippen LogP contribution in [0.2, 0.25) is 0 Å². The number of fused-ring (bicyclic) bond motifs is 2. The van der Waals surface area contributed by atoms with Gasteiger partial charge in [0.2, 0.25) is 0 Å². The summed E-state index contributed by atoms with van der Waals surface area (Å²) >= 11 is 1.30. The van der Waals surface area contributed by atoms with Gasteiger partial charge in [-0.2, -0.15) is 0 Å². The summed E-state index contributed by atoms with van der Waals surface area (Å²) in [6.45, 7) is 8.93. The third-order valence-electron chi connectivity index (χ3n) is 6.94. The first-order valence-corrected chi connectivity index (χ1v) is 14.3. The van der Waals surface area contributed by atoms with Crippen molar-refractivity contribution >= 4 is 44.1 Å². The number of carbonyl (C=O) groups is 2. The predicted octanol–water partition coefficient (Wildman–Crippen LogP) is 5.97. The summed E-state index contributed by atoms with van der Waals surface area (Å²) in [7, 11) is 0. The molecule has 1 saturated heterocycles. The molecule has 9 nitrogen and oxygen atoms in total. The van der Waals surface area contributed by atoms with Gasteiger partial charge in [-0.1, -0.05) is 36.1 Å². The van der Waals surface area contributed by atoms with Crippen LogP contribution in [0.25, 0.3) is 16.0 Å². The van der Waals surface area contributed by atoms with Gasteiger partial charge in [-0.3, -0.25) is 14.5 Å². The molecule has 214 valence electrons. The minimum atomic E-state index is -0.993. The molecule has 3 heterocycles. The van der Waals surface area contributed by atoms with Crippen LogP contribution >= 0.6 is 11.3 Å². The Morgan fingerprint density at radius 2 is 1.88 bits per heavy atom. The number of benzene rings is 3. The average molecular weight is 585 g/mol. The molecule has 1 aromatic heterocycles. The molecule has 0 radical (unpaired) electrons. The predicted molar refractivity (Wildman–Crippen MR) is 160 cm³/mol. The number of anilines is 1. The highest BCUT2D eigenvalue weighted by atomic mass is 32.1. The number of aliphatic hydroxyl groups excluding tert-OH is 1. The Morgan fingerprint density at radius 1 is 1.07 bits per heavy atom. The molecule has 1 amide bonds. The molecule has 1 fully saturated rings. The molecule has 3 aromatic carbocycles. The Kier molecular flexibility index (Phi) is 7.30. The topological polar surface area (TPSA) is 107 Å². The van der Waals surface area contributed by atoms with Gasteiger partial charge in [-0.05, 0) is 67.4 Å². The minimum Gasteiger partial charge on any atom is -0.507 e. The number of hydrogen-bond acceptors (Lipinski definition) is 9. The Balaban J connectivity index is 1.54. The second-order valence-electron chi connectivity index (χ2n) is 9.73. The molecule has 0 aliphatic carbocycles. The van der Waals surface area contributed by atoms with Crippen LogP contribution in [0.5, 0.6) is 23.0 Å². The maximum atomic E-state index is 13.7. The van der Waals surface area contributed by atoms with Gasteiger partial charge in [0.15, 0.2) is 28.1 Å². The molecule has 2 aliphatic rings. The Hall–Kier alpha value is -4.83. The van der Waals surface area contributed by atoms with Gasteiger partial charge in [-0.15, -0.1) is 0 Å². The second-order valence-corrected chi connectivity index (χ2v) is 10.7. The van der Waals surface area contributed by atoms with Crippen LogP contribution in [0.1, 0.15) is 29.7 Å². The average Bonchev–Trinajstić information content (AvgIpc) is 3.53. The van der Waals surface area contributed by atoms with E-state index in [0.29, 0.717) is 64.6 Å². The van der Waals surface area contributed by atoms with Gasteiger partial charge < -0.3 is 24.1 Å². The number of aromatic nitrogens is 1. The minimum absolute atomic E-state index is 0.0747. The Morgan fingerprint density at radius 3 is 2.67 bits per heavy atom. The van der Waals surface area contributed by atoms with Gasteiger partial charge in [-0.25, -0.2) is 4.98 Å². The second kappa shape index (κ2) is 11.2. The van der Waals surface area contributed by atoms with E-state index in [1.165, 1.54) is 16.2 Å². The zero-order chi connectivity index (χ0) is 29.4. The molecular weight excluding hydrogens is 556 g/mol. The summed E-state index contributed by atoms with van der Waals surface area (Å²) in [5.41, 5.74) is 2.54. The number of ketones is 1. The SMILES string of the molecule is C=CCOc1ccc(C2/C(=C(\O)c3ccc4c(c3)OCCO4)C(=O)C(=O)N2c2nc3ccc(C)cc3s2)cc1OCC. The maximum Gasteiger partial charge on any atom is 0.301 e. The maximum absolute atomic E-state index is 13.7. The first-order chi connectivity index (χ1) is 20.4. The largest absolute Gasteiger partial charge is 0.507 e. The van der Waals surface area contributed by atoms with Gasteiger partial charge in [0.1, 0.15) is 25.6 Å². The number of hydrogen-bond donors (Lipinski definition) is 1. The molecule has 42 heavy (non-hydrogen) atoms. The van der Waals surface area contributed by atoms with E-state index < -0.39 is 17.7 Å². The summed E-state index contributed by atoms with van der Waals surface area (Å²) in [5.74, 6) is -0.0511. The molecule has 1 atom stereocenters. The monoisotopic (exact) mass is 584 g/mol. The van der Waals surface area contributed by atoms with Crippen LogP contribution in [-0.2, 0) is 9.59 Å². The van der Waals surface area contributed by atoms with E-state index >= 15 is 0 Å². The number of amides is 1. The molecule has 0 bridgehead atoms. The lowest BCUT2D eigenvalue weighted by Crippen LogP contribution is -2.29. The number of aryl methyl sites for hydroxylation is 1. The van der Waals surface area contributed by atoms with Crippen molar-refractivity contribution in [2.75, 3.05) is 31.3 Å². The third kappa shape index (κ3) is 4.83. The van der Waals surface area contributed by atoms with Crippen LogP contribution in [-0.4, -0.2) is 48.2 Å². The number of ether oxygens (including phenoxy) is 4. The lowest BCUT2D eigenvalue weighted by atomic mass is 9.95. The van der Waals surface area contributed by atoms with Gasteiger partial charge in [0.05, 0.1) is 28.4 Å². The number of nitrogens with zero attached hydrogens (tertiary/aromatic N) is 2. The Bertz CT molecular complexity index is 1760. The van der Waals surface area contributed by atoms with E-state index in [1.807, 2.05) is 32.0 Å². The van der Waals surface area contributed by atoms with Crippen LogP contribution in [0.15, 0.2) is 72.8 Å². The highest BCUT2D eigenvalue weighted by molar-refractivity contribution is 7.22. The quantitative estimate of drug-likeness (QED) is 0.117. The van der Waals surface area contributed by atoms with Crippen molar-refractivity contribution in [3.8, 4) is 23.0 Å². The van der Waals surface area contributed by atoms with Crippen molar-refractivity contribution in [3.63, 3.8) is 0 Å². The molecule has 10 heteroatoms. The lowest BCUT2D eigenvalue weighted by molar-refractivity contribution is -0.132. The van der Waals surface area contributed by atoms with Gasteiger partial charge in [0, 0.05) is 5.56 Å². The number of carbonyl (C=O) groups excluding carboxylic acids is 2. The molecule has 1 unspecified atom stereocenters.